The molecular weight excluding hydrogens is 318 g/mol. The number of nitrogens with two attached hydrogens (primary N) is 1. The van der Waals surface area contributed by atoms with Gasteiger partial charge in [-0.25, -0.2) is 0 Å². The molecule has 2 rings (SSSR count). The Morgan fingerprint density at radius 3 is 3.00 bits per heavy atom. The summed E-state index contributed by atoms with van der Waals surface area (Å²) in [5.41, 5.74) is 7.03. The van der Waals surface area contributed by atoms with E-state index >= 15 is 0 Å². The summed E-state index contributed by atoms with van der Waals surface area (Å²) in [4.78, 5) is 14.2. The highest BCUT2D eigenvalue weighted by Gasteiger charge is 2.26. The van der Waals surface area contributed by atoms with Crippen molar-refractivity contribution in [3.05, 3.63) is 28.7 Å². The molecule has 0 radical (unpaired) electrons. The van der Waals surface area contributed by atoms with Gasteiger partial charge in [-0.1, -0.05) is 25.5 Å². The number of benzene rings is 1. The van der Waals surface area contributed by atoms with Crippen LogP contribution in [0, 0.1) is 0 Å². The van der Waals surface area contributed by atoms with Crippen molar-refractivity contribution >= 4 is 27.5 Å². The highest BCUT2D eigenvalue weighted by Crippen LogP contribution is 2.28. The highest BCUT2D eigenvalue weighted by molar-refractivity contribution is 9.10. The van der Waals surface area contributed by atoms with E-state index in [2.05, 4.69) is 32.2 Å². The topological polar surface area (TPSA) is 58.4 Å². The van der Waals surface area contributed by atoms with Crippen LogP contribution in [0.3, 0.4) is 0 Å². The molecule has 0 spiro atoms. The first-order valence-electron chi connectivity index (χ1n) is 7.17. The minimum Gasteiger partial charge on any atom is -0.368 e. The number of rotatable bonds is 5. The first-order chi connectivity index (χ1) is 9.61. The third kappa shape index (κ3) is 3.73. The van der Waals surface area contributed by atoms with Crippen LogP contribution in [0.5, 0.6) is 0 Å². The van der Waals surface area contributed by atoms with Crippen LogP contribution in [-0.4, -0.2) is 31.1 Å². The fourth-order valence-electron chi connectivity index (χ4n) is 2.56. The second kappa shape index (κ2) is 7.09. The minimum absolute atomic E-state index is 0.0224. The smallest absolute Gasteiger partial charge is 0.237 e. The zero-order valence-corrected chi connectivity index (χ0v) is 13.4. The van der Waals surface area contributed by atoms with Crippen LogP contribution in [-0.2, 0) is 4.79 Å². The van der Waals surface area contributed by atoms with Crippen molar-refractivity contribution in [2.45, 2.75) is 38.3 Å². The molecule has 110 valence electrons. The Kier molecular flexibility index (Phi) is 5.43. The van der Waals surface area contributed by atoms with Crippen molar-refractivity contribution in [3.63, 3.8) is 0 Å². The Hall–Kier alpha value is -1.07. The summed E-state index contributed by atoms with van der Waals surface area (Å²) in [5.74, 6) is -0.0224. The molecule has 0 saturated carbocycles. The number of para-hydroxylation sites is 1. The molecule has 4 nitrogen and oxygen atoms in total. The number of amides is 1. The van der Waals surface area contributed by atoms with Gasteiger partial charge in [0.05, 0.1) is 11.7 Å². The lowest BCUT2D eigenvalue weighted by atomic mass is 10.1. The molecule has 1 aromatic carbocycles. The lowest BCUT2D eigenvalue weighted by Gasteiger charge is -2.21. The predicted octanol–water partition coefficient (Wildman–Crippen LogP) is 2.27. The lowest BCUT2D eigenvalue weighted by molar-refractivity contribution is -0.123. The third-order valence-corrected chi connectivity index (χ3v) is 4.33. The van der Waals surface area contributed by atoms with E-state index in [0.717, 1.165) is 36.8 Å². The van der Waals surface area contributed by atoms with Crippen LogP contribution in [0.1, 0.15) is 26.2 Å². The van der Waals surface area contributed by atoms with Crippen molar-refractivity contribution < 1.29 is 4.79 Å². The van der Waals surface area contributed by atoms with Gasteiger partial charge in [-0.15, -0.1) is 0 Å². The van der Waals surface area contributed by atoms with Gasteiger partial charge in [-0.05, 0) is 40.9 Å². The number of nitrogens with zero attached hydrogens (tertiary/aromatic N) is 1. The Balaban J connectivity index is 1.90. The molecular formula is C15H22BrN3O. The van der Waals surface area contributed by atoms with Gasteiger partial charge in [-0.3, -0.25) is 4.79 Å². The number of halogens is 1. The van der Waals surface area contributed by atoms with Crippen LogP contribution in [0.15, 0.2) is 28.7 Å². The highest BCUT2D eigenvalue weighted by atomic mass is 79.9. The van der Waals surface area contributed by atoms with Crippen LogP contribution in [0.4, 0.5) is 5.69 Å². The van der Waals surface area contributed by atoms with E-state index in [0.29, 0.717) is 0 Å². The normalized spacial score (nSPS) is 19.9. The molecule has 3 N–H and O–H groups in total. The van der Waals surface area contributed by atoms with Gasteiger partial charge in [0.15, 0.2) is 0 Å². The molecule has 5 heteroatoms. The standard InChI is InChI=1S/C15H22BrN3O/c1-2-5-13(17)15(20)18-11-8-9-19(10-11)14-7-4-3-6-12(14)16/h3-4,6-7,11,13H,2,5,8-10,17H2,1H3,(H,18,20). The molecule has 0 aromatic heterocycles. The van der Waals surface area contributed by atoms with Crippen molar-refractivity contribution in [2.24, 2.45) is 5.73 Å². The molecule has 0 bridgehead atoms. The summed E-state index contributed by atoms with van der Waals surface area (Å²) in [7, 11) is 0. The molecule has 1 aromatic rings. The van der Waals surface area contributed by atoms with Crippen molar-refractivity contribution in [1.82, 2.24) is 5.32 Å². The Labute approximate surface area is 128 Å². The number of carbonyl (C=O) groups excluding carboxylic acids is 1. The van der Waals surface area contributed by atoms with E-state index in [-0.39, 0.29) is 18.0 Å². The zero-order valence-electron chi connectivity index (χ0n) is 11.8. The average Bonchev–Trinajstić information content (AvgIpc) is 2.87. The summed E-state index contributed by atoms with van der Waals surface area (Å²) in [6.45, 7) is 3.83. The summed E-state index contributed by atoms with van der Waals surface area (Å²) < 4.78 is 1.09. The number of nitrogens with one attached hydrogen (secondary N) is 1. The number of hydrogen-bond acceptors (Lipinski definition) is 3. The third-order valence-electron chi connectivity index (χ3n) is 3.66. The maximum atomic E-state index is 11.9. The van der Waals surface area contributed by atoms with Gasteiger partial charge < -0.3 is 16.0 Å². The van der Waals surface area contributed by atoms with Crippen LogP contribution < -0.4 is 16.0 Å². The van der Waals surface area contributed by atoms with Gasteiger partial charge in [0.1, 0.15) is 0 Å². The van der Waals surface area contributed by atoms with Crippen molar-refractivity contribution in [1.29, 1.82) is 0 Å². The number of anilines is 1. The molecule has 1 aliphatic rings. The molecule has 1 fully saturated rings. The van der Waals surface area contributed by atoms with E-state index in [9.17, 15) is 4.79 Å². The lowest BCUT2D eigenvalue weighted by Crippen LogP contribution is -2.46. The maximum Gasteiger partial charge on any atom is 0.237 e. The van der Waals surface area contributed by atoms with E-state index in [1.165, 1.54) is 5.69 Å². The second-order valence-electron chi connectivity index (χ2n) is 5.29. The summed E-state index contributed by atoms with van der Waals surface area (Å²) in [5, 5.41) is 3.06. The first kappa shape index (κ1) is 15.3. The van der Waals surface area contributed by atoms with Crippen LogP contribution in [0.25, 0.3) is 0 Å². The van der Waals surface area contributed by atoms with Gasteiger partial charge in [-0.2, -0.15) is 0 Å². The van der Waals surface area contributed by atoms with Crippen molar-refractivity contribution in [3.8, 4) is 0 Å². The van der Waals surface area contributed by atoms with E-state index in [1.807, 2.05) is 25.1 Å². The first-order valence-corrected chi connectivity index (χ1v) is 7.96. The SMILES string of the molecule is CCCC(N)C(=O)NC1CCN(c2ccccc2Br)C1. The average molecular weight is 340 g/mol. The monoisotopic (exact) mass is 339 g/mol. The second-order valence-corrected chi connectivity index (χ2v) is 6.14. The molecule has 1 aliphatic heterocycles. The summed E-state index contributed by atoms with van der Waals surface area (Å²) in [6.07, 6.45) is 2.64. The van der Waals surface area contributed by atoms with Gasteiger partial charge in [0.2, 0.25) is 5.91 Å². The summed E-state index contributed by atoms with van der Waals surface area (Å²) in [6, 6.07) is 7.99. The number of carbonyl (C=O) groups is 1. The molecule has 0 aliphatic carbocycles. The molecule has 1 heterocycles. The molecule has 20 heavy (non-hydrogen) atoms. The van der Waals surface area contributed by atoms with E-state index in [1.54, 1.807) is 0 Å². The quantitative estimate of drug-likeness (QED) is 0.865. The van der Waals surface area contributed by atoms with E-state index in [4.69, 9.17) is 5.73 Å². The maximum absolute atomic E-state index is 11.9. The van der Waals surface area contributed by atoms with Gasteiger partial charge in [0.25, 0.3) is 0 Å². The van der Waals surface area contributed by atoms with Crippen LogP contribution in [0.2, 0.25) is 0 Å². The molecule has 2 atom stereocenters. The summed E-state index contributed by atoms with van der Waals surface area (Å²) >= 11 is 3.57. The Morgan fingerprint density at radius 1 is 1.55 bits per heavy atom. The van der Waals surface area contributed by atoms with Crippen LogP contribution >= 0.6 is 15.9 Å². The molecule has 1 amide bonds. The van der Waals surface area contributed by atoms with Gasteiger partial charge in [0, 0.05) is 23.6 Å². The Bertz CT molecular complexity index is 466. The molecule has 1 saturated heterocycles. The fraction of sp³-hybridized carbons (Fsp3) is 0.533. The van der Waals surface area contributed by atoms with Gasteiger partial charge >= 0.3 is 0 Å². The predicted molar refractivity (Wildman–Crippen MR) is 85.8 cm³/mol. The van der Waals surface area contributed by atoms with E-state index < -0.39 is 0 Å². The largest absolute Gasteiger partial charge is 0.368 e. The zero-order chi connectivity index (χ0) is 14.5. The molecule has 2 unspecified atom stereocenters. The Morgan fingerprint density at radius 2 is 2.30 bits per heavy atom. The fourth-order valence-corrected chi connectivity index (χ4v) is 3.09. The number of hydrogen-bond donors (Lipinski definition) is 2. The minimum atomic E-state index is -0.377. The van der Waals surface area contributed by atoms with Crippen molar-refractivity contribution in [2.75, 3.05) is 18.0 Å².